The molecule has 108 valence electrons. The van der Waals surface area contributed by atoms with Gasteiger partial charge in [0.15, 0.2) is 6.29 Å². The van der Waals surface area contributed by atoms with E-state index in [1.54, 1.807) is 0 Å². The maximum Gasteiger partial charge on any atom is 0.416 e. The summed E-state index contributed by atoms with van der Waals surface area (Å²) >= 11 is 0. The number of carbonyl (C=O) groups excluding carboxylic acids is 1. The van der Waals surface area contributed by atoms with E-state index in [2.05, 4.69) is 0 Å². The number of anilines is 1. The number of hydrogen-bond acceptors (Lipinski definition) is 3. The van der Waals surface area contributed by atoms with E-state index in [1.807, 2.05) is 4.90 Å². The zero-order valence-corrected chi connectivity index (χ0v) is 10.7. The third-order valence-electron chi connectivity index (χ3n) is 4.07. The lowest BCUT2D eigenvalue weighted by molar-refractivity contribution is -0.137. The molecule has 0 N–H and O–H groups in total. The van der Waals surface area contributed by atoms with Crippen LogP contribution in [-0.4, -0.2) is 32.6 Å². The first kappa shape index (κ1) is 13.4. The third kappa shape index (κ3) is 2.28. The van der Waals surface area contributed by atoms with Crippen molar-refractivity contribution in [1.82, 2.24) is 0 Å². The number of hydrogen-bond donors (Lipinski definition) is 0. The van der Waals surface area contributed by atoms with Gasteiger partial charge in [-0.25, -0.2) is 0 Å². The quantitative estimate of drug-likeness (QED) is 0.782. The second-order valence-electron chi connectivity index (χ2n) is 5.35. The summed E-state index contributed by atoms with van der Waals surface area (Å²) in [4.78, 5) is 12.9. The number of ether oxygens (including phenoxy) is 1. The minimum atomic E-state index is -4.39. The topological polar surface area (TPSA) is 29.5 Å². The largest absolute Gasteiger partial charge is 0.416 e. The molecule has 2 saturated heterocycles. The highest BCUT2D eigenvalue weighted by atomic mass is 19.4. The molecule has 0 aliphatic carbocycles. The molecule has 2 atom stereocenters. The van der Waals surface area contributed by atoms with Crippen molar-refractivity contribution in [3.8, 4) is 0 Å². The van der Waals surface area contributed by atoms with Gasteiger partial charge in [-0.2, -0.15) is 13.2 Å². The number of aldehydes is 1. The van der Waals surface area contributed by atoms with Crippen molar-refractivity contribution in [2.24, 2.45) is 11.8 Å². The molecular weight excluding hydrogens is 271 g/mol. The fourth-order valence-electron chi connectivity index (χ4n) is 2.98. The molecule has 0 saturated carbocycles. The van der Waals surface area contributed by atoms with Crippen LogP contribution in [0.5, 0.6) is 0 Å². The SMILES string of the molecule is O=Cc1ccc(C(F)(F)F)cc1N1CC2COCC2C1. The van der Waals surface area contributed by atoms with E-state index in [1.165, 1.54) is 6.07 Å². The Bertz CT molecular complexity index is 518. The Morgan fingerprint density at radius 1 is 1.20 bits per heavy atom. The van der Waals surface area contributed by atoms with Crippen LogP contribution >= 0.6 is 0 Å². The van der Waals surface area contributed by atoms with Gasteiger partial charge in [0.05, 0.1) is 18.8 Å². The van der Waals surface area contributed by atoms with Crippen LogP contribution in [0.1, 0.15) is 15.9 Å². The van der Waals surface area contributed by atoms with Crippen LogP contribution in [0, 0.1) is 11.8 Å². The van der Waals surface area contributed by atoms with Gasteiger partial charge in [0.1, 0.15) is 0 Å². The maximum atomic E-state index is 12.8. The molecule has 2 heterocycles. The van der Waals surface area contributed by atoms with Crippen LogP contribution in [0.3, 0.4) is 0 Å². The molecule has 20 heavy (non-hydrogen) atoms. The highest BCUT2D eigenvalue weighted by molar-refractivity contribution is 5.85. The van der Waals surface area contributed by atoms with Gasteiger partial charge in [0.25, 0.3) is 0 Å². The van der Waals surface area contributed by atoms with Crippen LogP contribution < -0.4 is 4.90 Å². The number of halogens is 3. The first-order valence-electron chi connectivity index (χ1n) is 6.48. The predicted octanol–water partition coefficient (Wildman–Crippen LogP) is 2.60. The summed E-state index contributed by atoms with van der Waals surface area (Å²) < 4.78 is 43.7. The first-order chi connectivity index (χ1) is 9.49. The molecule has 3 nitrogen and oxygen atoms in total. The van der Waals surface area contributed by atoms with Crippen LogP contribution in [0.2, 0.25) is 0 Å². The fourth-order valence-corrected chi connectivity index (χ4v) is 2.98. The van der Waals surface area contributed by atoms with Crippen LogP contribution in [-0.2, 0) is 10.9 Å². The van der Waals surface area contributed by atoms with Gasteiger partial charge in [-0.05, 0) is 18.2 Å². The van der Waals surface area contributed by atoms with Crippen molar-refractivity contribution in [2.45, 2.75) is 6.18 Å². The lowest BCUT2D eigenvalue weighted by Crippen LogP contribution is -2.24. The van der Waals surface area contributed by atoms with Gasteiger partial charge in [-0.1, -0.05) is 0 Å². The summed E-state index contributed by atoms with van der Waals surface area (Å²) in [5.74, 6) is 0.702. The molecule has 0 radical (unpaired) electrons. The second kappa shape index (κ2) is 4.77. The molecule has 0 bridgehead atoms. The molecule has 2 fully saturated rings. The number of rotatable bonds is 2. The summed E-state index contributed by atoms with van der Waals surface area (Å²) in [6, 6.07) is 3.27. The van der Waals surface area contributed by atoms with E-state index >= 15 is 0 Å². The zero-order valence-electron chi connectivity index (χ0n) is 10.7. The zero-order chi connectivity index (χ0) is 14.3. The number of carbonyl (C=O) groups is 1. The second-order valence-corrected chi connectivity index (χ2v) is 5.35. The molecule has 2 unspecified atom stereocenters. The third-order valence-corrected chi connectivity index (χ3v) is 4.07. The summed E-state index contributed by atoms with van der Waals surface area (Å²) in [5, 5.41) is 0. The van der Waals surface area contributed by atoms with Crippen molar-refractivity contribution < 1.29 is 22.7 Å². The highest BCUT2D eigenvalue weighted by Crippen LogP contribution is 2.37. The monoisotopic (exact) mass is 285 g/mol. The van der Waals surface area contributed by atoms with Gasteiger partial charge in [0, 0.05) is 36.2 Å². The Balaban J connectivity index is 1.93. The smallest absolute Gasteiger partial charge is 0.381 e. The van der Waals surface area contributed by atoms with Crippen molar-refractivity contribution in [1.29, 1.82) is 0 Å². The van der Waals surface area contributed by atoms with Crippen molar-refractivity contribution in [3.63, 3.8) is 0 Å². The Labute approximate surface area is 114 Å². The van der Waals surface area contributed by atoms with E-state index in [4.69, 9.17) is 4.74 Å². The van der Waals surface area contributed by atoms with Crippen molar-refractivity contribution in [3.05, 3.63) is 29.3 Å². The molecule has 0 amide bonds. The number of alkyl halides is 3. The minimum absolute atomic E-state index is 0.305. The van der Waals surface area contributed by atoms with Crippen LogP contribution in [0.4, 0.5) is 18.9 Å². The highest BCUT2D eigenvalue weighted by Gasteiger charge is 2.38. The first-order valence-corrected chi connectivity index (χ1v) is 6.48. The minimum Gasteiger partial charge on any atom is -0.381 e. The Morgan fingerprint density at radius 2 is 1.85 bits per heavy atom. The number of fused-ring (bicyclic) bond motifs is 1. The predicted molar refractivity (Wildman–Crippen MR) is 66.8 cm³/mol. The maximum absolute atomic E-state index is 12.8. The molecule has 2 aliphatic heterocycles. The molecule has 0 aromatic heterocycles. The van der Waals surface area contributed by atoms with E-state index in [0.717, 1.165) is 12.1 Å². The standard InChI is InChI=1S/C14H14F3NO2/c15-14(16,17)12-2-1-9(6-19)13(3-12)18-4-10-7-20-8-11(10)5-18/h1-3,6,10-11H,4-5,7-8H2. The molecule has 1 aromatic carbocycles. The normalized spacial score (nSPS) is 25.9. The van der Waals surface area contributed by atoms with Gasteiger partial charge in [0.2, 0.25) is 0 Å². The lowest BCUT2D eigenvalue weighted by Gasteiger charge is -2.22. The van der Waals surface area contributed by atoms with E-state index in [9.17, 15) is 18.0 Å². The Morgan fingerprint density at radius 3 is 2.40 bits per heavy atom. The summed E-state index contributed by atoms with van der Waals surface area (Å²) in [6.07, 6.45) is -3.78. The molecule has 2 aliphatic rings. The Kier molecular flexibility index (Phi) is 3.20. The summed E-state index contributed by atoms with van der Waals surface area (Å²) in [5.41, 5.74) is -0.0328. The number of nitrogens with zero attached hydrogens (tertiary/aromatic N) is 1. The average Bonchev–Trinajstić information content (AvgIpc) is 2.97. The van der Waals surface area contributed by atoms with Crippen molar-refractivity contribution >= 4 is 12.0 Å². The van der Waals surface area contributed by atoms with Crippen molar-refractivity contribution in [2.75, 3.05) is 31.2 Å². The molecule has 0 spiro atoms. The van der Waals surface area contributed by atoms with Crippen LogP contribution in [0.25, 0.3) is 0 Å². The lowest BCUT2D eigenvalue weighted by atomic mass is 10.0. The van der Waals surface area contributed by atoms with Crippen LogP contribution in [0.15, 0.2) is 18.2 Å². The van der Waals surface area contributed by atoms with Gasteiger partial charge in [-0.3, -0.25) is 4.79 Å². The van der Waals surface area contributed by atoms with Gasteiger partial charge in [-0.15, -0.1) is 0 Å². The molecular formula is C14H14F3NO2. The summed E-state index contributed by atoms with van der Waals surface area (Å²) in [6.45, 7) is 2.59. The number of benzene rings is 1. The molecule has 1 aromatic rings. The van der Waals surface area contributed by atoms with E-state index < -0.39 is 11.7 Å². The molecule has 3 rings (SSSR count). The summed E-state index contributed by atoms with van der Waals surface area (Å²) in [7, 11) is 0. The van der Waals surface area contributed by atoms with E-state index in [0.29, 0.717) is 55.7 Å². The van der Waals surface area contributed by atoms with E-state index in [-0.39, 0.29) is 0 Å². The fraction of sp³-hybridized carbons (Fsp3) is 0.500. The van der Waals surface area contributed by atoms with Gasteiger partial charge >= 0.3 is 6.18 Å². The van der Waals surface area contributed by atoms with Gasteiger partial charge < -0.3 is 9.64 Å². The average molecular weight is 285 g/mol. The Hall–Kier alpha value is -1.56. The molecule has 6 heteroatoms.